The standard InChI is InChI=1S/C20H19N5O3/c21-20(28)15-4-1-2-5-17(15)23-18(26)6-3-13-25-19(27)8-7-16(24-25)14-9-11-22-12-10-14/h1-2,4-5,7-12H,3,6,13H2,(H2,21,28)(H,23,26). The Balaban J connectivity index is 1.62. The van der Waals surface area contributed by atoms with Crippen LogP contribution in [0.25, 0.3) is 11.3 Å². The molecule has 0 saturated heterocycles. The zero-order valence-electron chi connectivity index (χ0n) is 15.0. The summed E-state index contributed by atoms with van der Waals surface area (Å²) < 4.78 is 1.33. The molecule has 0 unspecified atom stereocenters. The summed E-state index contributed by atoms with van der Waals surface area (Å²) in [4.78, 5) is 39.6. The van der Waals surface area contributed by atoms with Gasteiger partial charge in [-0.15, -0.1) is 0 Å². The number of benzene rings is 1. The van der Waals surface area contributed by atoms with Crippen molar-refractivity contribution >= 4 is 17.5 Å². The lowest BCUT2D eigenvalue weighted by molar-refractivity contribution is -0.116. The largest absolute Gasteiger partial charge is 0.366 e. The lowest BCUT2D eigenvalue weighted by Gasteiger charge is -2.09. The Morgan fingerprint density at radius 1 is 1.04 bits per heavy atom. The molecule has 2 amide bonds. The monoisotopic (exact) mass is 377 g/mol. The van der Waals surface area contributed by atoms with E-state index in [0.29, 0.717) is 24.3 Å². The van der Waals surface area contributed by atoms with Gasteiger partial charge in [0.2, 0.25) is 5.91 Å². The van der Waals surface area contributed by atoms with Crippen LogP contribution in [0.15, 0.2) is 65.7 Å². The van der Waals surface area contributed by atoms with Crippen molar-refractivity contribution in [3.8, 4) is 11.3 Å². The number of hydrogen-bond acceptors (Lipinski definition) is 5. The third-order valence-corrected chi connectivity index (χ3v) is 4.08. The molecule has 8 heteroatoms. The van der Waals surface area contributed by atoms with E-state index in [4.69, 9.17) is 5.73 Å². The lowest BCUT2D eigenvalue weighted by atomic mass is 10.1. The van der Waals surface area contributed by atoms with Crippen LogP contribution in [0, 0.1) is 0 Å². The molecule has 3 N–H and O–H groups in total. The number of nitrogens with two attached hydrogens (primary N) is 1. The van der Waals surface area contributed by atoms with Gasteiger partial charge in [-0.3, -0.25) is 19.4 Å². The minimum absolute atomic E-state index is 0.167. The predicted molar refractivity (Wildman–Crippen MR) is 105 cm³/mol. The molecule has 142 valence electrons. The van der Waals surface area contributed by atoms with Crippen LogP contribution in [0.4, 0.5) is 5.69 Å². The maximum atomic E-state index is 12.2. The molecular weight excluding hydrogens is 358 g/mol. The van der Waals surface area contributed by atoms with Crippen molar-refractivity contribution in [1.82, 2.24) is 14.8 Å². The Labute approximate surface area is 161 Å². The van der Waals surface area contributed by atoms with E-state index in [1.54, 1.807) is 54.9 Å². The molecule has 0 atom stereocenters. The highest BCUT2D eigenvalue weighted by atomic mass is 16.2. The van der Waals surface area contributed by atoms with Crippen LogP contribution in [0.2, 0.25) is 0 Å². The minimum Gasteiger partial charge on any atom is -0.366 e. The summed E-state index contributed by atoms with van der Waals surface area (Å²) in [6, 6.07) is 13.3. The van der Waals surface area contributed by atoms with Gasteiger partial charge in [0.05, 0.1) is 16.9 Å². The fourth-order valence-corrected chi connectivity index (χ4v) is 2.69. The van der Waals surface area contributed by atoms with Gasteiger partial charge < -0.3 is 11.1 Å². The van der Waals surface area contributed by atoms with Crippen LogP contribution < -0.4 is 16.6 Å². The molecule has 0 aliphatic rings. The van der Waals surface area contributed by atoms with Gasteiger partial charge >= 0.3 is 0 Å². The second-order valence-electron chi connectivity index (χ2n) is 6.08. The third kappa shape index (κ3) is 4.67. The van der Waals surface area contributed by atoms with Crippen molar-refractivity contribution in [3.63, 3.8) is 0 Å². The number of amides is 2. The number of pyridine rings is 1. The van der Waals surface area contributed by atoms with Crippen LogP contribution in [0.5, 0.6) is 0 Å². The number of primary amides is 1. The summed E-state index contributed by atoms with van der Waals surface area (Å²) in [7, 11) is 0. The maximum absolute atomic E-state index is 12.2. The average molecular weight is 377 g/mol. The highest BCUT2D eigenvalue weighted by molar-refractivity contribution is 6.02. The smallest absolute Gasteiger partial charge is 0.266 e. The number of anilines is 1. The molecule has 0 fully saturated rings. The van der Waals surface area contributed by atoms with Crippen LogP contribution in [0.1, 0.15) is 23.2 Å². The third-order valence-electron chi connectivity index (χ3n) is 4.08. The number of carbonyl (C=O) groups is 2. The molecule has 1 aromatic carbocycles. The van der Waals surface area contributed by atoms with Crippen molar-refractivity contribution in [2.24, 2.45) is 5.73 Å². The quantitative estimate of drug-likeness (QED) is 0.651. The normalized spacial score (nSPS) is 10.4. The molecule has 0 bridgehead atoms. The van der Waals surface area contributed by atoms with E-state index < -0.39 is 5.91 Å². The van der Waals surface area contributed by atoms with Crippen LogP contribution in [-0.2, 0) is 11.3 Å². The van der Waals surface area contributed by atoms with Crippen molar-refractivity contribution in [1.29, 1.82) is 0 Å². The van der Waals surface area contributed by atoms with E-state index in [0.717, 1.165) is 5.56 Å². The first-order chi connectivity index (χ1) is 13.5. The first-order valence-corrected chi connectivity index (χ1v) is 8.72. The Bertz CT molecular complexity index is 1050. The van der Waals surface area contributed by atoms with Crippen LogP contribution in [-0.4, -0.2) is 26.6 Å². The number of aromatic nitrogens is 3. The van der Waals surface area contributed by atoms with Crippen LogP contribution >= 0.6 is 0 Å². The summed E-state index contributed by atoms with van der Waals surface area (Å²) in [5, 5.41) is 7.02. The molecule has 0 aliphatic heterocycles. The zero-order chi connectivity index (χ0) is 19.9. The van der Waals surface area contributed by atoms with E-state index in [1.165, 1.54) is 10.7 Å². The molecule has 8 nitrogen and oxygen atoms in total. The van der Waals surface area contributed by atoms with Gasteiger partial charge in [0, 0.05) is 37.0 Å². The molecule has 0 radical (unpaired) electrons. The maximum Gasteiger partial charge on any atom is 0.266 e. The molecule has 0 spiro atoms. The van der Waals surface area contributed by atoms with Gasteiger partial charge in [0.25, 0.3) is 11.5 Å². The molecule has 3 aromatic rings. The van der Waals surface area contributed by atoms with Crippen molar-refractivity contribution in [3.05, 3.63) is 76.8 Å². The van der Waals surface area contributed by atoms with E-state index >= 15 is 0 Å². The Morgan fingerprint density at radius 2 is 1.79 bits per heavy atom. The Morgan fingerprint density at radius 3 is 2.54 bits per heavy atom. The lowest BCUT2D eigenvalue weighted by Crippen LogP contribution is -2.23. The summed E-state index contributed by atoms with van der Waals surface area (Å²) >= 11 is 0. The summed E-state index contributed by atoms with van der Waals surface area (Å²) in [6.07, 6.45) is 3.89. The molecule has 2 aromatic heterocycles. The first kappa shape index (κ1) is 19.0. The van der Waals surface area contributed by atoms with Gasteiger partial charge in [-0.25, -0.2) is 4.68 Å². The van der Waals surface area contributed by atoms with Gasteiger partial charge in [-0.1, -0.05) is 12.1 Å². The first-order valence-electron chi connectivity index (χ1n) is 8.72. The molecule has 0 aliphatic carbocycles. The van der Waals surface area contributed by atoms with E-state index in [9.17, 15) is 14.4 Å². The van der Waals surface area contributed by atoms with Gasteiger partial charge in [-0.05, 0) is 36.8 Å². The number of carbonyl (C=O) groups excluding carboxylic acids is 2. The van der Waals surface area contributed by atoms with Crippen molar-refractivity contribution in [2.45, 2.75) is 19.4 Å². The number of rotatable bonds is 7. The zero-order valence-corrected chi connectivity index (χ0v) is 15.0. The molecular formula is C20H19N5O3. The number of nitrogens with one attached hydrogen (secondary N) is 1. The van der Waals surface area contributed by atoms with Crippen molar-refractivity contribution in [2.75, 3.05) is 5.32 Å². The average Bonchev–Trinajstić information content (AvgIpc) is 2.70. The Hall–Kier alpha value is -3.81. The van der Waals surface area contributed by atoms with E-state index in [-0.39, 0.29) is 23.5 Å². The second kappa shape index (κ2) is 8.72. The van der Waals surface area contributed by atoms with Gasteiger partial charge in [-0.2, -0.15) is 5.10 Å². The molecule has 2 heterocycles. The summed E-state index contributed by atoms with van der Waals surface area (Å²) in [5.74, 6) is -0.883. The van der Waals surface area contributed by atoms with Gasteiger partial charge in [0.15, 0.2) is 0 Å². The fourth-order valence-electron chi connectivity index (χ4n) is 2.69. The van der Waals surface area contributed by atoms with Crippen molar-refractivity contribution < 1.29 is 9.59 Å². The number of hydrogen-bond donors (Lipinski definition) is 2. The Kier molecular flexibility index (Phi) is 5.91. The molecule has 3 rings (SSSR count). The number of aryl methyl sites for hydroxylation is 1. The summed E-state index contributed by atoms with van der Waals surface area (Å²) in [5.41, 5.74) is 7.19. The van der Waals surface area contributed by atoms with E-state index in [2.05, 4.69) is 15.4 Å². The van der Waals surface area contributed by atoms with Crippen LogP contribution in [0.3, 0.4) is 0 Å². The number of para-hydroxylation sites is 1. The topological polar surface area (TPSA) is 120 Å². The number of nitrogens with zero attached hydrogens (tertiary/aromatic N) is 3. The summed E-state index contributed by atoms with van der Waals surface area (Å²) in [6.45, 7) is 0.294. The second-order valence-corrected chi connectivity index (χ2v) is 6.08. The highest BCUT2D eigenvalue weighted by Crippen LogP contribution is 2.15. The minimum atomic E-state index is -0.612. The molecule has 28 heavy (non-hydrogen) atoms. The van der Waals surface area contributed by atoms with E-state index in [1.807, 2.05) is 0 Å². The SMILES string of the molecule is NC(=O)c1ccccc1NC(=O)CCCn1nc(-c2ccncc2)ccc1=O. The molecule has 0 saturated carbocycles. The fraction of sp³-hybridized carbons (Fsp3) is 0.150. The van der Waals surface area contributed by atoms with Gasteiger partial charge in [0.1, 0.15) is 0 Å². The predicted octanol–water partition coefficient (Wildman–Crippen LogP) is 1.82. The highest BCUT2D eigenvalue weighted by Gasteiger charge is 2.10.